The van der Waals surface area contributed by atoms with E-state index in [4.69, 9.17) is 23.8 Å². The summed E-state index contributed by atoms with van der Waals surface area (Å²) in [4.78, 5) is 11.9. The molecule has 0 atom stereocenters. The summed E-state index contributed by atoms with van der Waals surface area (Å²) in [6, 6.07) is 15.0. The lowest BCUT2D eigenvalue weighted by atomic mass is 10.1. The molecule has 0 spiro atoms. The number of aromatic nitrogens is 2. The maximum absolute atomic E-state index is 11.9. The first-order valence-corrected chi connectivity index (χ1v) is 9.70. The van der Waals surface area contributed by atoms with E-state index in [0.717, 1.165) is 28.7 Å². The standard InChI is InChI=1S/C18H16ClN5OS2/c19-13-3-1-12(2-4-13)9-10-20-18(26)22-15-7-5-14(6-8-15)21-17(25)16-11-27-24-23-16/h1-8,11H,9-10H2,(H,21,25)(H2,20,22,26). The Morgan fingerprint density at radius 2 is 1.70 bits per heavy atom. The number of nitrogens with one attached hydrogen (secondary N) is 3. The average Bonchev–Trinajstić information content (AvgIpc) is 3.20. The van der Waals surface area contributed by atoms with Gasteiger partial charge in [0, 0.05) is 28.3 Å². The molecule has 0 aliphatic heterocycles. The summed E-state index contributed by atoms with van der Waals surface area (Å²) < 4.78 is 3.67. The predicted molar refractivity (Wildman–Crippen MR) is 114 cm³/mol. The molecule has 0 aliphatic carbocycles. The van der Waals surface area contributed by atoms with Crippen LogP contribution in [0.25, 0.3) is 0 Å². The number of amides is 1. The number of nitrogens with zero attached hydrogens (tertiary/aromatic N) is 2. The first kappa shape index (κ1) is 19.2. The van der Waals surface area contributed by atoms with Gasteiger partial charge in [-0.05, 0) is 72.1 Å². The predicted octanol–water partition coefficient (Wildman–Crippen LogP) is 3.97. The highest BCUT2D eigenvalue weighted by Crippen LogP contribution is 2.14. The molecule has 0 bridgehead atoms. The van der Waals surface area contributed by atoms with Crippen LogP contribution < -0.4 is 16.0 Å². The van der Waals surface area contributed by atoms with Crippen LogP contribution in [0.5, 0.6) is 0 Å². The largest absolute Gasteiger partial charge is 0.362 e. The molecule has 3 rings (SSSR count). The smallest absolute Gasteiger partial charge is 0.277 e. The van der Waals surface area contributed by atoms with E-state index >= 15 is 0 Å². The summed E-state index contributed by atoms with van der Waals surface area (Å²) in [6.45, 7) is 0.712. The van der Waals surface area contributed by atoms with Crippen LogP contribution in [0.2, 0.25) is 5.02 Å². The summed E-state index contributed by atoms with van der Waals surface area (Å²) in [7, 11) is 0. The van der Waals surface area contributed by atoms with Crippen LogP contribution in [0, 0.1) is 0 Å². The van der Waals surface area contributed by atoms with Crippen molar-refractivity contribution in [3.63, 3.8) is 0 Å². The molecule has 0 aliphatic rings. The maximum atomic E-state index is 11.9. The number of carbonyl (C=O) groups excluding carboxylic acids is 1. The Labute approximate surface area is 171 Å². The van der Waals surface area contributed by atoms with Crippen molar-refractivity contribution < 1.29 is 4.79 Å². The van der Waals surface area contributed by atoms with Gasteiger partial charge in [0.1, 0.15) is 0 Å². The Hall–Kier alpha value is -2.55. The van der Waals surface area contributed by atoms with E-state index in [1.165, 1.54) is 5.56 Å². The third-order valence-electron chi connectivity index (χ3n) is 3.61. The van der Waals surface area contributed by atoms with E-state index in [-0.39, 0.29) is 5.91 Å². The number of benzene rings is 2. The zero-order valence-electron chi connectivity index (χ0n) is 14.1. The van der Waals surface area contributed by atoms with Crippen molar-refractivity contribution in [2.45, 2.75) is 6.42 Å². The lowest BCUT2D eigenvalue weighted by Gasteiger charge is -2.11. The highest BCUT2D eigenvalue weighted by Gasteiger charge is 2.08. The normalized spacial score (nSPS) is 10.3. The summed E-state index contributed by atoms with van der Waals surface area (Å²) >= 11 is 12.3. The molecule has 1 aromatic heterocycles. The average molecular weight is 418 g/mol. The van der Waals surface area contributed by atoms with Crippen LogP contribution in [0.1, 0.15) is 16.1 Å². The Morgan fingerprint density at radius 3 is 2.33 bits per heavy atom. The molecule has 3 N–H and O–H groups in total. The fraction of sp³-hybridized carbons (Fsp3) is 0.111. The molecule has 9 heteroatoms. The van der Waals surface area contributed by atoms with Crippen molar-refractivity contribution in [3.8, 4) is 0 Å². The zero-order valence-corrected chi connectivity index (χ0v) is 16.5. The number of hydrogen-bond donors (Lipinski definition) is 3. The van der Waals surface area contributed by atoms with Gasteiger partial charge in [-0.3, -0.25) is 4.79 Å². The summed E-state index contributed by atoms with van der Waals surface area (Å²) in [5.74, 6) is -0.288. The van der Waals surface area contributed by atoms with Crippen LogP contribution in [-0.2, 0) is 6.42 Å². The van der Waals surface area contributed by atoms with Crippen molar-refractivity contribution >= 4 is 57.7 Å². The molecule has 1 amide bonds. The van der Waals surface area contributed by atoms with Crippen molar-refractivity contribution in [2.75, 3.05) is 17.2 Å². The number of thiocarbonyl (C=S) groups is 1. The van der Waals surface area contributed by atoms with Gasteiger partial charge >= 0.3 is 0 Å². The van der Waals surface area contributed by atoms with Gasteiger partial charge in [-0.1, -0.05) is 28.2 Å². The summed E-state index contributed by atoms with van der Waals surface area (Å²) in [5.41, 5.74) is 2.98. The quantitative estimate of drug-likeness (QED) is 0.526. The van der Waals surface area contributed by atoms with Gasteiger partial charge in [0.15, 0.2) is 10.8 Å². The van der Waals surface area contributed by atoms with E-state index < -0.39 is 0 Å². The summed E-state index contributed by atoms with van der Waals surface area (Å²) in [6.07, 6.45) is 0.843. The van der Waals surface area contributed by atoms with Crippen LogP contribution in [0.15, 0.2) is 53.9 Å². The Bertz CT molecular complexity index is 899. The third kappa shape index (κ3) is 5.99. The van der Waals surface area contributed by atoms with Crippen LogP contribution >= 0.6 is 35.4 Å². The first-order chi connectivity index (χ1) is 13.1. The number of halogens is 1. The van der Waals surface area contributed by atoms with Gasteiger partial charge in [0.2, 0.25) is 0 Å². The van der Waals surface area contributed by atoms with E-state index in [9.17, 15) is 4.79 Å². The van der Waals surface area contributed by atoms with Crippen LogP contribution in [0.3, 0.4) is 0 Å². The monoisotopic (exact) mass is 417 g/mol. The van der Waals surface area contributed by atoms with Crippen molar-refractivity contribution in [1.29, 1.82) is 0 Å². The topological polar surface area (TPSA) is 78.9 Å². The van der Waals surface area contributed by atoms with E-state index in [0.29, 0.717) is 23.0 Å². The van der Waals surface area contributed by atoms with E-state index in [1.54, 1.807) is 17.5 Å². The van der Waals surface area contributed by atoms with Crippen molar-refractivity contribution in [2.24, 2.45) is 0 Å². The van der Waals surface area contributed by atoms with Gasteiger partial charge in [-0.25, -0.2) is 0 Å². The number of carbonyl (C=O) groups is 1. The van der Waals surface area contributed by atoms with Gasteiger partial charge < -0.3 is 16.0 Å². The molecule has 1 heterocycles. The minimum absolute atomic E-state index is 0.288. The first-order valence-electron chi connectivity index (χ1n) is 8.08. The molecular formula is C18H16ClN5OS2. The van der Waals surface area contributed by atoms with Gasteiger partial charge in [-0.15, -0.1) is 5.10 Å². The van der Waals surface area contributed by atoms with Crippen molar-refractivity contribution in [3.05, 3.63) is 70.2 Å². The molecule has 0 saturated carbocycles. The number of rotatable bonds is 6. The number of anilines is 2. The van der Waals surface area contributed by atoms with Crippen molar-refractivity contribution in [1.82, 2.24) is 14.9 Å². The molecule has 3 aromatic rings. The highest BCUT2D eigenvalue weighted by atomic mass is 35.5. The fourth-order valence-corrected chi connectivity index (χ4v) is 3.02. The minimum Gasteiger partial charge on any atom is -0.362 e. The maximum Gasteiger partial charge on any atom is 0.277 e. The second-order valence-corrected chi connectivity index (χ2v) is 7.03. The molecule has 0 saturated heterocycles. The lowest BCUT2D eigenvalue weighted by molar-refractivity contribution is 0.102. The highest BCUT2D eigenvalue weighted by molar-refractivity contribution is 7.80. The third-order valence-corrected chi connectivity index (χ3v) is 4.61. The molecule has 2 aromatic carbocycles. The molecule has 0 fully saturated rings. The Balaban J connectivity index is 1.44. The zero-order chi connectivity index (χ0) is 19.1. The molecule has 6 nitrogen and oxygen atoms in total. The van der Waals surface area contributed by atoms with Gasteiger partial charge in [0.05, 0.1) is 0 Å². The second-order valence-electron chi connectivity index (χ2n) is 5.58. The van der Waals surface area contributed by atoms with Gasteiger partial charge in [-0.2, -0.15) is 0 Å². The molecule has 0 unspecified atom stereocenters. The fourth-order valence-electron chi connectivity index (χ4n) is 2.24. The van der Waals surface area contributed by atoms with Crippen LogP contribution in [-0.4, -0.2) is 27.2 Å². The van der Waals surface area contributed by atoms with E-state index in [2.05, 4.69) is 25.5 Å². The lowest BCUT2D eigenvalue weighted by Crippen LogP contribution is -2.30. The molecular weight excluding hydrogens is 402 g/mol. The second kappa shape index (κ2) is 9.40. The van der Waals surface area contributed by atoms with Crippen LogP contribution in [0.4, 0.5) is 11.4 Å². The molecule has 138 valence electrons. The Morgan fingerprint density at radius 1 is 1.04 bits per heavy atom. The molecule has 0 radical (unpaired) electrons. The summed E-state index contributed by atoms with van der Waals surface area (Å²) in [5, 5.41) is 15.6. The number of hydrogen-bond acceptors (Lipinski definition) is 5. The minimum atomic E-state index is -0.288. The SMILES string of the molecule is O=C(Nc1ccc(NC(=S)NCCc2ccc(Cl)cc2)cc1)c1csnn1. The van der Waals surface area contributed by atoms with Gasteiger partial charge in [0.25, 0.3) is 5.91 Å². The van der Waals surface area contributed by atoms with E-state index in [1.807, 2.05) is 36.4 Å². The molecule has 27 heavy (non-hydrogen) atoms. The Kier molecular flexibility index (Phi) is 6.69.